The van der Waals surface area contributed by atoms with E-state index in [1.807, 2.05) is 54.6 Å². The summed E-state index contributed by atoms with van der Waals surface area (Å²) in [6, 6.07) is 18.1. The highest BCUT2D eigenvalue weighted by Gasteiger charge is 2.08. The van der Waals surface area contributed by atoms with E-state index in [1.165, 1.54) is 0 Å². The molecule has 0 radical (unpaired) electrons. The Morgan fingerprint density at radius 3 is 2.22 bits per heavy atom. The van der Waals surface area contributed by atoms with Crippen LogP contribution in [0.4, 0.5) is 5.69 Å². The van der Waals surface area contributed by atoms with Crippen LogP contribution in [-0.2, 0) is 0 Å². The second kappa shape index (κ2) is 9.09. The Kier molecular flexibility index (Phi) is 6.79. The van der Waals surface area contributed by atoms with Gasteiger partial charge >= 0.3 is 0 Å². The highest BCUT2D eigenvalue weighted by Crippen LogP contribution is 2.17. The fourth-order valence-electron chi connectivity index (χ4n) is 2.12. The van der Waals surface area contributed by atoms with Crippen molar-refractivity contribution in [2.24, 2.45) is 5.92 Å². The second-order valence-electron chi connectivity index (χ2n) is 6.07. The van der Waals surface area contributed by atoms with Gasteiger partial charge in [0.1, 0.15) is 17.6 Å². The van der Waals surface area contributed by atoms with Gasteiger partial charge in [0.2, 0.25) is 0 Å². The highest BCUT2D eigenvalue weighted by atomic mass is 16.5. The lowest BCUT2D eigenvalue weighted by atomic mass is 10.2. The summed E-state index contributed by atoms with van der Waals surface area (Å²) in [4.78, 5) is 0. The minimum Gasteiger partial charge on any atom is -0.493 e. The Labute approximate surface area is 139 Å². The molecule has 0 amide bonds. The van der Waals surface area contributed by atoms with Crippen LogP contribution in [0.1, 0.15) is 27.2 Å². The quantitative estimate of drug-likeness (QED) is 0.707. The zero-order chi connectivity index (χ0) is 16.5. The average Bonchev–Trinajstić information content (AvgIpc) is 2.58. The van der Waals surface area contributed by atoms with Crippen molar-refractivity contribution in [3.8, 4) is 11.5 Å². The van der Waals surface area contributed by atoms with Gasteiger partial charge in [0, 0.05) is 5.69 Å². The third-order valence-corrected chi connectivity index (χ3v) is 3.47. The Morgan fingerprint density at radius 1 is 0.913 bits per heavy atom. The van der Waals surface area contributed by atoms with E-state index in [0.717, 1.165) is 36.8 Å². The molecule has 0 aliphatic rings. The van der Waals surface area contributed by atoms with Crippen LogP contribution in [0.15, 0.2) is 54.6 Å². The van der Waals surface area contributed by atoms with Crippen molar-refractivity contribution in [1.29, 1.82) is 0 Å². The highest BCUT2D eigenvalue weighted by molar-refractivity contribution is 5.46. The number of ether oxygens (including phenoxy) is 2. The fourth-order valence-corrected chi connectivity index (χ4v) is 2.12. The van der Waals surface area contributed by atoms with Crippen LogP contribution in [0.5, 0.6) is 11.5 Å². The smallest absolute Gasteiger partial charge is 0.119 e. The fraction of sp³-hybridized carbons (Fsp3) is 0.400. The van der Waals surface area contributed by atoms with Gasteiger partial charge < -0.3 is 14.8 Å². The first-order valence-electron chi connectivity index (χ1n) is 8.35. The minimum atomic E-state index is 0.147. The summed E-state index contributed by atoms with van der Waals surface area (Å²) in [6.45, 7) is 7.95. The van der Waals surface area contributed by atoms with Crippen molar-refractivity contribution in [1.82, 2.24) is 0 Å². The molecule has 2 aromatic rings. The van der Waals surface area contributed by atoms with Gasteiger partial charge in [0.25, 0.3) is 0 Å². The SMILES string of the molecule is CCC(CNc1ccc(OCC(C)C)cc1)Oc1ccccc1. The van der Waals surface area contributed by atoms with Gasteiger partial charge in [-0.1, -0.05) is 39.0 Å². The molecule has 2 aromatic carbocycles. The van der Waals surface area contributed by atoms with Crippen LogP contribution < -0.4 is 14.8 Å². The predicted molar refractivity (Wildman–Crippen MR) is 96.4 cm³/mol. The molecule has 0 bridgehead atoms. The first kappa shape index (κ1) is 17.2. The van der Waals surface area contributed by atoms with Gasteiger partial charge in [-0.05, 0) is 48.7 Å². The van der Waals surface area contributed by atoms with Crippen LogP contribution in [-0.4, -0.2) is 19.3 Å². The summed E-state index contributed by atoms with van der Waals surface area (Å²) in [5, 5.41) is 3.43. The van der Waals surface area contributed by atoms with Crippen LogP contribution in [0.2, 0.25) is 0 Å². The Morgan fingerprint density at radius 2 is 1.61 bits per heavy atom. The summed E-state index contributed by atoms with van der Waals surface area (Å²) in [5.41, 5.74) is 1.08. The molecule has 0 saturated carbocycles. The van der Waals surface area contributed by atoms with Gasteiger partial charge in [0.05, 0.1) is 13.2 Å². The lowest BCUT2D eigenvalue weighted by Gasteiger charge is -2.19. The van der Waals surface area contributed by atoms with Crippen LogP contribution in [0.25, 0.3) is 0 Å². The lowest BCUT2D eigenvalue weighted by molar-refractivity contribution is 0.210. The number of hydrogen-bond donors (Lipinski definition) is 1. The summed E-state index contributed by atoms with van der Waals surface area (Å²) in [6.07, 6.45) is 1.10. The molecule has 1 unspecified atom stereocenters. The van der Waals surface area contributed by atoms with Crippen molar-refractivity contribution in [3.05, 3.63) is 54.6 Å². The number of benzene rings is 2. The number of anilines is 1. The van der Waals surface area contributed by atoms with Crippen LogP contribution in [0, 0.1) is 5.92 Å². The van der Waals surface area contributed by atoms with Crippen LogP contribution in [0.3, 0.4) is 0 Å². The molecule has 124 valence electrons. The van der Waals surface area contributed by atoms with Crippen molar-refractivity contribution in [2.45, 2.75) is 33.3 Å². The lowest BCUT2D eigenvalue weighted by Crippen LogP contribution is -2.25. The van der Waals surface area contributed by atoms with E-state index in [-0.39, 0.29) is 6.10 Å². The van der Waals surface area contributed by atoms with Crippen molar-refractivity contribution < 1.29 is 9.47 Å². The zero-order valence-corrected chi connectivity index (χ0v) is 14.3. The summed E-state index contributed by atoms with van der Waals surface area (Å²) >= 11 is 0. The van der Waals surface area contributed by atoms with E-state index < -0.39 is 0 Å². The molecule has 3 nitrogen and oxygen atoms in total. The average molecular weight is 313 g/mol. The summed E-state index contributed by atoms with van der Waals surface area (Å²) in [5.74, 6) is 2.36. The van der Waals surface area contributed by atoms with Gasteiger partial charge in [0.15, 0.2) is 0 Å². The molecular weight excluding hydrogens is 286 g/mol. The van der Waals surface area contributed by atoms with E-state index in [9.17, 15) is 0 Å². The van der Waals surface area contributed by atoms with E-state index >= 15 is 0 Å². The molecule has 1 N–H and O–H groups in total. The third kappa shape index (κ3) is 6.23. The molecule has 0 aromatic heterocycles. The van der Waals surface area contributed by atoms with E-state index in [0.29, 0.717) is 5.92 Å². The maximum atomic E-state index is 5.99. The number of nitrogens with one attached hydrogen (secondary N) is 1. The number of rotatable bonds is 9. The summed E-state index contributed by atoms with van der Waals surface area (Å²) in [7, 11) is 0. The molecule has 0 saturated heterocycles. The predicted octanol–water partition coefficient (Wildman–Crippen LogP) is 4.99. The maximum absolute atomic E-state index is 5.99. The van der Waals surface area contributed by atoms with E-state index in [1.54, 1.807) is 0 Å². The summed E-state index contributed by atoms with van der Waals surface area (Å²) < 4.78 is 11.7. The Balaban J connectivity index is 1.81. The van der Waals surface area contributed by atoms with Gasteiger partial charge in [-0.2, -0.15) is 0 Å². The van der Waals surface area contributed by atoms with Gasteiger partial charge in [-0.25, -0.2) is 0 Å². The molecular formula is C20H27NO2. The van der Waals surface area contributed by atoms with E-state index in [2.05, 4.69) is 26.1 Å². The minimum absolute atomic E-state index is 0.147. The second-order valence-corrected chi connectivity index (χ2v) is 6.07. The number of hydrogen-bond acceptors (Lipinski definition) is 3. The first-order chi connectivity index (χ1) is 11.2. The molecule has 0 fully saturated rings. The number of para-hydroxylation sites is 1. The zero-order valence-electron chi connectivity index (χ0n) is 14.3. The molecule has 23 heavy (non-hydrogen) atoms. The molecule has 3 heteroatoms. The third-order valence-electron chi connectivity index (χ3n) is 3.47. The molecule has 0 aliphatic carbocycles. The van der Waals surface area contributed by atoms with Gasteiger partial charge in [-0.15, -0.1) is 0 Å². The molecule has 0 spiro atoms. The molecule has 0 aliphatic heterocycles. The van der Waals surface area contributed by atoms with Crippen molar-refractivity contribution in [2.75, 3.05) is 18.5 Å². The molecule has 1 atom stereocenters. The first-order valence-corrected chi connectivity index (χ1v) is 8.35. The standard InChI is InChI=1S/C20H27NO2/c1-4-18(23-20-8-6-5-7-9-20)14-21-17-10-12-19(13-11-17)22-15-16(2)3/h5-13,16,18,21H,4,14-15H2,1-3H3. The normalized spacial score (nSPS) is 12.0. The van der Waals surface area contributed by atoms with Gasteiger partial charge in [-0.3, -0.25) is 0 Å². The largest absolute Gasteiger partial charge is 0.493 e. The monoisotopic (exact) mass is 313 g/mol. The Hall–Kier alpha value is -2.16. The van der Waals surface area contributed by atoms with Crippen molar-refractivity contribution in [3.63, 3.8) is 0 Å². The maximum Gasteiger partial charge on any atom is 0.119 e. The van der Waals surface area contributed by atoms with E-state index in [4.69, 9.17) is 9.47 Å². The molecule has 2 rings (SSSR count). The molecule has 0 heterocycles. The Bertz CT molecular complexity index is 552. The van der Waals surface area contributed by atoms with Crippen molar-refractivity contribution >= 4 is 5.69 Å². The van der Waals surface area contributed by atoms with Crippen LogP contribution >= 0.6 is 0 Å². The topological polar surface area (TPSA) is 30.5 Å².